The fraction of sp³-hybridized carbons (Fsp3) is 0.200. The molecule has 0 saturated carbocycles. The van der Waals surface area contributed by atoms with Crippen LogP contribution >= 0.6 is 11.3 Å². The molecule has 2 heterocycles. The third kappa shape index (κ3) is 3.40. The van der Waals surface area contributed by atoms with Crippen LogP contribution in [0.2, 0.25) is 0 Å². The number of nitrogens with one attached hydrogen (secondary N) is 1. The summed E-state index contributed by atoms with van der Waals surface area (Å²) in [7, 11) is -3.74. The summed E-state index contributed by atoms with van der Waals surface area (Å²) in [6.45, 7) is 1.19. The molecule has 0 bridgehead atoms. The summed E-state index contributed by atoms with van der Waals surface area (Å²) < 4.78 is 27.0. The maximum Gasteiger partial charge on any atom is 0.271 e. The molecular formula is C10H12N2O3S2. The van der Waals surface area contributed by atoms with Gasteiger partial charge in [-0.05, 0) is 23.6 Å². The van der Waals surface area contributed by atoms with Gasteiger partial charge >= 0.3 is 0 Å². The number of sulfonamides is 1. The van der Waals surface area contributed by atoms with Gasteiger partial charge in [-0.15, -0.1) is 11.3 Å². The smallest absolute Gasteiger partial charge is 0.271 e. The first-order chi connectivity index (χ1) is 8.05. The zero-order valence-electron chi connectivity index (χ0n) is 8.92. The molecule has 0 spiro atoms. The maximum absolute atomic E-state index is 11.0. The van der Waals surface area contributed by atoms with Crippen molar-refractivity contribution in [1.29, 1.82) is 0 Å². The molecule has 0 unspecified atom stereocenters. The second-order valence-corrected chi connectivity index (χ2v) is 5.97. The number of nitrogens with two attached hydrogens (primary N) is 1. The highest BCUT2D eigenvalue weighted by atomic mass is 32.2. The third-order valence-electron chi connectivity index (χ3n) is 2.10. The molecule has 17 heavy (non-hydrogen) atoms. The van der Waals surface area contributed by atoms with Gasteiger partial charge < -0.3 is 9.73 Å². The summed E-state index contributed by atoms with van der Waals surface area (Å²) in [5.74, 6) is 0.547. The lowest BCUT2D eigenvalue weighted by molar-refractivity contribution is 0.402. The molecule has 2 aromatic heterocycles. The Morgan fingerprint density at radius 3 is 2.71 bits per heavy atom. The molecule has 0 aliphatic rings. The Morgan fingerprint density at radius 2 is 2.12 bits per heavy atom. The van der Waals surface area contributed by atoms with Crippen molar-refractivity contribution in [3.8, 4) is 0 Å². The third-order valence-corrected chi connectivity index (χ3v) is 3.75. The van der Waals surface area contributed by atoms with E-state index in [1.165, 1.54) is 10.9 Å². The van der Waals surface area contributed by atoms with E-state index in [4.69, 9.17) is 9.56 Å². The first kappa shape index (κ1) is 12.3. The van der Waals surface area contributed by atoms with Crippen LogP contribution in [0.1, 0.15) is 10.6 Å². The highest BCUT2D eigenvalue weighted by Gasteiger charge is 2.12. The second kappa shape index (κ2) is 5.01. The number of furan rings is 1. The molecule has 3 N–H and O–H groups in total. The van der Waals surface area contributed by atoms with Crippen molar-refractivity contribution in [2.75, 3.05) is 0 Å². The average molecular weight is 272 g/mol. The molecule has 7 heteroatoms. The summed E-state index contributed by atoms with van der Waals surface area (Å²) >= 11 is 1.66. The molecule has 5 nitrogen and oxygen atoms in total. The number of hydrogen-bond acceptors (Lipinski definition) is 5. The van der Waals surface area contributed by atoms with E-state index < -0.39 is 10.0 Å². The van der Waals surface area contributed by atoms with Gasteiger partial charge in [-0.1, -0.05) is 6.07 Å². The summed E-state index contributed by atoms with van der Waals surface area (Å²) in [6.07, 6.45) is 0. The van der Waals surface area contributed by atoms with Gasteiger partial charge in [-0.25, -0.2) is 13.6 Å². The quantitative estimate of drug-likeness (QED) is 0.858. The van der Waals surface area contributed by atoms with Crippen molar-refractivity contribution in [2.45, 2.75) is 18.2 Å². The SMILES string of the molecule is NS(=O)(=O)c1ccc(CNCc2cccs2)o1. The Hall–Kier alpha value is -1.15. The Balaban J connectivity index is 1.90. The van der Waals surface area contributed by atoms with Gasteiger partial charge in [-0.3, -0.25) is 0 Å². The van der Waals surface area contributed by atoms with E-state index in [0.29, 0.717) is 12.3 Å². The van der Waals surface area contributed by atoms with E-state index in [-0.39, 0.29) is 5.09 Å². The molecule has 2 aromatic rings. The van der Waals surface area contributed by atoms with Crippen molar-refractivity contribution in [3.05, 3.63) is 40.3 Å². The van der Waals surface area contributed by atoms with Gasteiger partial charge in [0.1, 0.15) is 5.76 Å². The van der Waals surface area contributed by atoms with Crippen LogP contribution in [0.15, 0.2) is 39.2 Å². The normalized spacial score (nSPS) is 11.8. The minimum absolute atomic E-state index is 0.203. The highest BCUT2D eigenvalue weighted by Crippen LogP contribution is 2.12. The molecule has 0 atom stereocenters. The van der Waals surface area contributed by atoms with E-state index in [1.54, 1.807) is 17.4 Å². The van der Waals surface area contributed by atoms with Crippen molar-refractivity contribution in [3.63, 3.8) is 0 Å². The zero-order chi connectivity index (χ0) is 12.3. The van der Waals surface area contributed by atoms with Crippen LogP contribution in [-0.2, 0) is 23.1 Å². The van der Waals surface area contributed by atoms with Crippen LogP contribution < -0.4 is 10.5 Å². The van der Waals surface area contributed by atoms with Crippen LogP contribution in [0.3, 0.4) is 0 Å². The molecule has 0 aliphatic heterocycles. The topological polar surface area (TPSA) is 85.3 Å². The summed E-state index contributed by atoms with van der Waals surface area (Å²) in [5, 5.41) is 9.89. The number of hydrogen-bond donors (Lipinski definition) is 2. The first-order valence-corrected chi connectivity index (χ1v) is 7.33. The lowest BCUT2D eigenvalue weighted by atomic mass is 10.4. The standard InChI is InChI=1S/C10H12N2O3S2/c11-17(13,14)10-4-3-8(15-10)6-12-7-9-2-1-5-16-9/h1-5,12H,6-7H2,(H2,11,13,14). The summed E-state index contributed by atoms with van der Waals surface area (Å²) in [5.41, 5.74) is 0. The monoisotopic (exact) mass is 272 g/mol. The minimum atomic E-state index is -3.74. The lowest BCUT2D eigenvalue weighted by Crippen LogP contribution is -2.12. The van der Waals surface area contributed by atoms with Crippen LogP contribution in [0.5, 0.6) is 0 Å². The van der Waals surface area contributed by atoms with E-state index in [9.17, 15) is 8.42 Å². The van der Waals surface area contributed by atoms with E-state index in [1.807, 2.05) is 17.5 Å². The van der Waals surface area contributed by atoms with Crippen LogP contribution in [0.25, 0.3) is 0 Å². The number of rotatable bonds is 5. The lowest BCUT2D eigenvalue weighted by Gasteiger charge is -1.99. The van der Waals surface area contributed by atoms with Gasteiger partial charge in [0.25, 0.3) is 10.0 Å². The maximum atomic E-state index is 11.0. The largest absolute Gasteiger partial charge is 0.447 e. The molecule has 0 amide bonds. The molecule has 0 fully saturated rings. The van der Waals surface area contributed by atoms with E-state index in [0.717, 1.165) is 6.54 Å². The highest BCUT2D eigenvalue weighted by molar-refractivity contribution is 7.89. The molecule has 92 valence electrons. The van der Waals surface area contributed by atoms with E-state index in [2.05, 4.69) is 5.32 Å². The summed E-state index contributed by atoms with van der Waals surface area (Å²) in [4.78, 5) is 1.21. The fourth-order valence-electron chi connectivity index (χ4n) is 1.33. The molecule has 0 aliphatic carbocycles. The number of primary sulfonamides is 1. The van der Waals surface area contributed by atoms with Crippen LogP contribution in [-0.4, -0.2) is 8.42 Å². The Kier molecular flexibility index (Phi) is 3.63. The molecule has 2 rings (SSSR count). The minimum Gasteiger partial charge on any atom is -0.447 e. The first-order valence-electron chi connectivity index (χ1n) is 4.90. The van der Waals surface area contributed by atoms with Gasteiger partial charge in [-0.2, -0.15) is 0 Å². The van der Waals surface area contributed by atoms with Gasteiger partial charge in [0.05, 0.1) is 6.54 Å². The van der Waals surface area contributed by atoms with Crippen LogP contribution in [0, 0.1) is 0 Å². The second-order valence-electron chi connectivity index (χ2n) is 3.45. The van der Waals surface area contributed by atoms with Crippen LogP contribution in [0.4, 0.5) is 0 Å². The summed E-state index contributed by atoms with van der Waals surface area (Å²) in [6, 6.07) is 6.96. The van der Waals surface area contributed by atoms with Crippen molar-refractivity contribution < 1.29 is 12.8 Å². The average Bonchev–Trinajstić information content (AvgIpc) is 2.86. The molecule has 0 radical (unpaired) electrons. The predicted molar refractivity (Wildman–Crippen MR) is 64.9 cm³/mol. The van der Waals surface area contributed by atoms with Gasteiger partial charge in [0, 0.05) is 11.4 Å². The van der Waals surface area contributed by atoms with Crippen molar-refractivity contribution in [2.24, 2.45) is 5.14 Å². The predicted octanol–water partition coefficient (Wildman–Crippen LogP) is 1.28. The zero-order valence-corrected chi connectivity index (χ0v) is 10.6. The van der Waals surface area contributed by atoms with Crippen molar-refractivity contribution in [1.82, 2.24) is 5.32 Å². The van der Waals surface area contributed by atoms with Gasteiger partial charge in [0.15, 0.2) is 0 Å². The molecular weight excluding hydrogens is 260 g/mol. The Morgan fingerprint density at radius 1 is 1.29 bits per heavy atom. The molecule has 0 saturated heterocycles. The fourth-order valence-corrected chi connectivity index (χ4v) is 2.48. The number of thiophene rings is 1. The Bertz CT molecular complexity index is 572. The van der Waals surface area contributed by atoms with Crippen molar-refractivity contribution >= 4 is 21.4 Å². The molecule has 0 aromatic carbocycles. The van der Waals surface area contributed by atoms with Gasteiger partial charge in [0.2, 0.25) is 5.09 Å². The van der Waals surface area contributed by atoms with E-state index >= 15 is 0 Å². The Labute approximate surface area is 103 Å².